The highest BCUT2D eigenvalue weighted by atomic mass is 16.3. The molecule has 1 atom stereocenters. The van der Waals surface area contributed by atoms with Gasteiger partial charge in [-0.3, -0.25) is 4.79 Å². The Morgan fingerprint density at radius 3 is 2.48 bits per heavy atom. The minimum absolute atomic E-state index is 0.00301. The summed E-state index contributed by atoms with van der Waals surface area (Å²) in [7, 11) is 1.83. The molecular formula is C21H28N2O2. The number of amides is 1. The van der Waals surface area contributed by atoms with Crippen molar-refractivity contribution in [1.29, 1.82) is 0 Å². The van der Waals surface area contributed by atoms with E-state index in [2.05, 4.69) is 22.8 Å². The third-order valence-electron chi connectivity index (χ3n) is 4.57. The first-order valence-electron chi connectivity index (χ1n) is 8.73. The molecule has 0 aliphatic heterocycles. The molecule has 0 radical (unpaired) electrons. The van der Waals surface area contributed by atoms with Crippen LogP contribution in [0.3, 0.4) is 0 Å². The fraction of sp³-hybridized carbons (Fsp3) is 0.381. The zero-order valence-electron chi connectivity index (χ0n) is 15.3. The average molecular weight is 340 g/mol. The number of carbonyl (C=O) groups excluding carboxylic acids is 1. The molecule has 1 amide bonds. The number of hydrogen-bond donors (Lipinski definition) is 3. The van der Waals surface area contributed by atoms with Crippen LogP contribution in [0.25, 0.3) is 0 Å². The maximum atomic E-state index is 12.7. The lowest BCUT2D eigenvalue weighted by Crippen LogP contribution is -2.45. The predicted octanol–water partition coefficient (Wildman–Crippen LogP) is 3.43. The van der Waals surface area contributed by atoms with E-state index in [1.807, 2.05) is 45.2 Å². The van der Waals surface area contributed by atoms with Crippen LogP contribution in [0.15, 0.2) is 54.6 Å². The molecule has 0 fully saturated rings. The monoisotopic (exact) mass is 340 g/mol. The molecule has 2 rings (SSSR count). The number of phenolic OH excluding ortho intramolecular Hbond substituents is 1. The second-order valence-electron chi connectivity index (χ2n) is 6.88. The highest BCUT2D eigenvalue weighted by Gasteiger charge is 2.36. The summed E-state index contributed by atoms with van der Waals surface area (Å²) in [5.41, 5.74) is 1.53. The largest absolute Gasteiger partial charge is 0.508 e. The molecule has 0 heterocycles. The summed E-state index contributed by atoms with van der Waals surface area (Å²) in [5.74, 6) is 0.208. The van der Waals surface area contributed by atoms with Crippen LogP contribution in [0.5, 0.6) is 5.75 Å². The van der Waals surface area contributed by atoms with Crippen molar-refractivity contribution in [2.24, 2.45) is 5.41 Å². The van der Waals surface area contributed by atoms with Gasteiger partial charge in [0.05, 0.1) is 5.41 Å². The smallest absolute Gasteiger partial charge is 0.227 e. The Morgan fingerprint density at radius 1 is 1.12 bits per heavy atom. The van der Waals surface area contributed by atoms with Crippen molar-refractivity contribution in [2.45, 2.75) is 32.7 Å². The Bertz CT molecular complexity index is 683. The van der Waals surface area contributed by atoms with Gasteiger partial charge < -0.3 is 15.7 Å². The molecule has 0 aliphatic carbocycles. The average Bonchev–Trinajstić information content (AvgIpc) is 2.60. The third-order valence-corrected chi connectivity index (χ3v) is 4.57. The lowest BCUT2D eigenvalue weighted by atomic mass is 9.79. The lowest BCUT2D eigenvalue weighted by Gasteiger charge is -2.33. The molecule has 0 saturated carbocycles. The Hall–Kier alpha value is -2.33. The lowest BCUT2D eigenvalue weighted by molar-refractivity contribution is -0.130. The van der Waals surface area contributed by atoms with Gasteiger partial charge in [0, 0.05) is 12.6 Å². The summed E-state index contributed by atoms with van der Waals surface area (Å²) in [6, 6.07) is 17.1. The molecule has 4 nitrogen and oxygen atoms in total. The number of aryl methyl sites for hydroxylation is 1. The van der Waals surface area contributed by atoms with Gasteiger partial charge in [0.15, 0.2) is 0 Å². The van der Waals surface area contributed by atoms with Crippen molar-refractivity contribution in [3.8, 4) is 5.75 Å². The highest BCUT2D eigenvalue weighted by molar-refractivity contribution is 5.82. The van der Waals surface area contributed by atoms with Crippen molar-refractivity contribution in [3.63, 3.8) is 0 Å². The zero-order chi connectivity index (χ0) is 18.3. The number of phenols is 1. The van der Waals surface area contributed by atoms with Gasteiger partial charge in [-0.25, -0.2) is 0 Å². The third kappa shape index (κ3) is 5.07. The van der Waals surface area contributed by atoms with E-state index in [-0.39, 0.29) is 17.7 Å². The van der Waals surface area contributed by atoms with Crippen molar-refractivity contribution < 1.29 is 9.90 Å². The fourth-order valence-corrected chi connectivity index (χ4v) is 3.15. The summed E-state index contributed by atoms with van der Waals surface area (Å²) in [6.45, 7) is 4.49. The minimum atomic E-state index is -0.644. The molecule has 25 heavy (non-hydrogen) atoms. The summed E-state index contributed by atoms with van der Waals surface area (Å²) in [4.78, 5) is 12.7. The molecule has 3 N–H and O–H groups in total. The Kier molecular flexibility index (Phi) is 6.59. The number of nitrogens with one attached hydrogen (secondary N) is 2. The molecule has 2 aromatic rings. The van der Waals surface area contributed by atoms with Crippen molar-refractivity contribution in [1.82, 2.24) is 10.6 Å². The zero-order valence-corrected chi connectivity index (χ0v) is 15.3. The summed E-state index contributed by atoms with van der Waals surface area (Å²) >= 11 is 0. The van der Waals surface area contributed by atoms with Gasteiger partial charge in [-0.2, -0.15) is 0 Å². The van der Waals surface area contributed by atoms with Gasteiger partial charge in [0.1, 0.15) is 5.75 Å². The van der Waals surface area contributed by atoms with Crippen LogP contribution in [0.1, 0.15) is 37.4 Å². The van der Waals surface area contributed by atoms with Gasteiger partial charge in [0.25, 0.3) is 0 Å². The van der Waals surface area contributed by atoms with Gasteiger partial charge in [-0.1, -0.05) is 42.5 Å². The van der Waals surface area contributed by atoms with Crippen LogP contribution < -0.4 is 10.6 Å². The van der Waals surface area contributed by atoms with Gasteiger partial charge in [0.2, 0.25) is 5.91 Å². The quantitative estimate of drug-likeness (QED) is 0.645. The molecule has 2 aromatic carbocycles. The maximum Gasteiger partial charge on any atom is 0.227 e. The highest BCUT2D eigenvalue weighted by Crippen LogP contribution is 2.34. The second kappa shape index (κ2) is 8.67. The molecule has 0 aliphatic rings. The Labute approximate surface area is 150 Å². The number of aromatic hydroxyl groups is 1. The first-order valence-corrected chi connectivity index (χ1v) is 8.73. The van der Waals surface area contributed by atoms with E-state index in [1.165, 1.54) is 5.56 Å². The minimum Gasteiger partial charge on any atom is -0.508 e. The van der Waals surface area contributed by atoms with Gasteiger partial charge >= 0.3 is 0 Å². The number of hydrogen-bond acceptors (Lipinski definition) is 3. The van der Waals surface area contributed by atoms with Crippen LogP contribution in [-0.2, 0) is 11.2 Å². The van der Waals surface area contributed by atoms with E-state index in [0.29, 0.717) is 6.54 Å². The topological polar surface area (TPSA) is 61.4 Å². The first kappa shape index (κ1) is 19.0. The Balaban J connectivity index is 1.93. The van der Waals surface area contributed by atoms with Gasteiger partial charge in [-0.15, -0.1) is 0 Å². The molecule has 0 aromatic heterocycles. The number of benzene rings is 2. The van der Waals surface area contributed by atoms with Crippen molar-refractivity contribution in [3.05, 3.63) is 65.7 Å². The molecule has 0 saturated heterocycles. The predicted molar refractivity (Wildman–Crippen MR) is 101 cm³/mol. The molecule has 134 valence electrons. The molecule has 0 spiro atoms. The van der Waals surface area contributed by atoms with Crippen LogP contribution in [0, 0.1) is 5.41 Å². The van der Waals surface area contributed by atoms with E-state index in [0.717, 1.165) is 18.4 Å². The van der Waals surface area contributed by atoms with Gasteiger partial charge in [-0.05, 0) is 57.0 Å². The molecule has 0 bridgehead atoms. The van der Waals surface area contributed by atoms with Crippen LogP contribution in [-0.4, -0.2) is 24.6 Å². The normalized spacial score (nSPS) is 12.6. The number of rotatable bonds is 8. The molecular weight excluding hydrogens is 312 g/mol. The molecule has 1 unspecified atom stereocenters. The summed E-state index contributed by atoms with van der Waals surface area (Å²) in [5, 5.41) is 16.0. The second-order valence-corrected chi connectivity index (χ2v) is 6.88. The summed E-state index contributed by atoms with van der Waals surface area (Å²) < 4.78 is 0. The SMILES string of the molecule is CNC(c1cccc(O)c1)C(C)(C)C(=O)NCCCc1ccccc1. The van der Waals surface area contributed by atoms with Crippen LogP contribution >= 0.6 is 0 Å². The van der Waals surface area contributed by atoms with Crippen LogP contribution in [0.4, 0.5) is 0 Å². The van der Waals surface area contributed by atoms with E-state index >= 15 is 0 Å². The van der Waals surface area contributed by atoms with E-state index < -0.39 is 5.41 Å². The summed E-state index contributed by atoms with van der Waals surface area (Å²) in [6.07, 6.45) is 1.85. The number of carbonyl (C=O) groups is 1. The van der Waals surface area contributed by atoms with E-state index in [9.17, 15) is 9.90 Å². The Morgan fingerprint density at radius 2 is 1.84 bits per heavy atom. The molecule has 4 heteroatoms. The van der Waals surface area contributed by atoms with Crippen molar-refractivity contribution in [2.75, 3.05) is 13.6 Å². The first-order chi connectivity index (χ1) is 11.9. The van der Waals surface area contributed by atoms with E-state index in [4.69, 9.17) is 0 Å². The standard InChI is InChI=1S/C21H28N2O2/c1-21(2,19(22-3)17-12-7-13-18(24)15-17)20(25)23-14-8-11-16-9-5-4-6-10-16/h4-7,9-10,12-13,15,19,22,24H,8,11,14H2,1-3H3,(H,23,25). The van der Waals surface area contributed by atoms with Crippen molar-refractivity contribution >= 4 is 5.91 Å². The fourth-order valence-electron chi connectivity index (χ4n) is 3.15. The van der Waals surface area contributed by atoms with Crippen LogP contribution in [0.2, 0.25) is 0 Å². The maximum absolute atomic E-state index is 12.7. The van der Waals surface area contributed by atoms with E-state index in [1.54, 1.807) is 18.2 Å².